The molecule has 2 aromatic heterocycles. The highest BCUT2D eigenvalue weighted by Gasteiger charge is 2.24. The molecule has 53 heavy (non-hydrogen) atoms. The van der Waals surface area contributed by atoms with Gasteiger partial charge in [0.25, 0.3) is 0 Å². The van der Waals surface area contributed by atoms with Crippen molar-refractivity contribution < 1.29 is 4.42 Å². The molecule has 0 N–H and O–H groups in total. The van der Waals surface area contributed by atoms with Gasteiger partial charge in [0.1, 0.15) is 11.2 Å². The van der Waals surface area contributed by atoms with Crippen molar-refractivity contribution in [2.75, 3.05) is 4.90 Å². The van der Waals surface area contributed by atoms with Crippen molar-refractivity contribution >= 4 is 92.1 Å². The summed E-state index contributed by atoms with van der Waals surface area (Å²) >= 11 is 1.85. The number of fused-ring (bicyclic) bond motifs is 9. The second kappa shape index (κ2) is 11.9. The monoisotopic (exact) mass is 693 g/mol. The average Bonchev–Trinajstić information content (AvgIpc) is 3.80. The Morgan fingerprint density at radius 2 is 1.06 bits per heavy atom. The summed E-state index contributed by atoms with van der Waals surface area (Å²) < 4.78 is 9.42. The summed E-state index contributed by atoms with van der Waals surface area (Å²) in [5.74, 6) is 0. The fourth-order valence-electron chi connectivity index (χ4n) is 8.18. The van der Waals surface area contributed by atoms with Crippen LogP contribution in [0.4, 0.5) is 17.1 Å². The molecule has 2 nitrogen and oxygen atoms in total. The molecular weight excluding hydrogens is 663 g/mol. The van der Waals surface area contributed by atoms with Gasteiger partial charge in [0.15, 0.2) is 0 Å². The molecule has 11 aromatic rings. The van der Waals surface area contributed by atoms with E-state index in [2.05, 4.69) is 193 Å². The number of hydrogen-bond donors (Lipinski definition) is 0. The Balaban J connectivity index is 1.20. The van der Waals surface area contributed by atoms with E-state index < -0.39 is 0 Å². The zero-order valence-corrected chi connectivity index (χ0v) is 29.5. The quantitative estimate of drug-likeness (QED) is 0.167. The summed E-state index contributed by atoms with van der Waals surface area (Å²) in [5, 5.41) is 9.66. The lowest BCUT2D eigenvalue weighted by atomic mass is 9.96. The second-order valence-electron chi connectivity index (χ2n) is 13.7. The number of benzene rings is 9. The smallest absolute Gasteiger partial charge is 0.145 e. The van der Waals surface area contributed by atoms with Crippen LogP contribution in [0.2, 0.25) is 0 Å². The van der Waals surface area contributed by atoms with Crippen molar-refractivity contribution in [1.82, 2.24) is 0 Å². The zero-order chi connectivity index (χ0) is 34.9. The molecular formula is C50H31NOS. The van der Waals surface area contributed by atoms with Gasteiger partial charge in [0.05, 0.1) is 16.8 Å². The molecule has 248 valence electrons. The van der Waals surface area contributed by atoms with Gasteiger partial charge in [-0.25, -0.2) is 0 Å². The minimum atomic E-state index is 0.875. The molecule has 0 aliphatic rings. The first kappa shape index (κ1) is 30.0. The Labute approximate surface area is 310 Å². The molecule has 0 bridgehead atoms. The lowest BCUT2D eigenvalue weighted by molar-refractivity contribution is 0.670. The standard InChI is InChI=1S/C50H31NOS/c1-2-11-32(12-3-1)33-21-23-35(24-22-33)39-29-30-44(49-42-17-6-8-19-45(42)52-50(39)49)51(37-27-28-41-40-16-7-9-20-46(40)53-47(41)31-37)43-18-10-14-36-26-25-34-13-4-5-15-38(34)48(36)43/h1-31H. The van der Waals surface area contributed by atoms with Crippen molar-refractivity contribution in [1.29, 1.82) is 0 Å². The number of nitrogens with zero attached hydrogens (tertiary/aromatic N) is 1. The van der Waals surface area contributed by atoms with Crippen LogP contribution in [0, 0.1) is 0 Å². The minimum Gasteiger partial charge on any atom is -0.455 e. The van der Waals surface area contributed by atoms with Crippen molar-refractivity contribution in [3.05, 3.63) is 188 Å². The third-order valence-corrected chi connectivity index (χ3v) is 11.8. The van der Waals surface area contributed by atoms with Crippen LogP contribution in [0.5, 0.6) is 0 Å². The number of hydrogen-bond acceptors (Lipinski definition) is 3. The lowest BCUT2D eigenvalue weighted by Crippen LogP contribution is -2.11. The van der Waals surface area contributed by atoms with Crippen LogP contribution < -0.4 is 4.90 Å². The minimum absolute atomic E-state index is 0.875. The predicted octanol–water partition coefficient (Wildman–Crippen LogP) is 15.1. The van der Waals surface area contributed by atoms with Crippen LogP contribution >= 0.6 is 11.3 Å². The van der Waals surface area contributed by atoms with Gasteiger partial charge >= 0.3 is 0 Å². The van der Waals surface area contributed by atoms with E-state index in [0.717, 1.165) is 50.1 Å². The maximum Gasteiger partial charge on any atom is 0.145 e. The predicted molar refractivity (Wildman–Crippen MR) is 227 cm³/mol. The highest BCUT2D eigenvalue weighted by Crippen LogP contribution is 2.49. The average molecular weight is 694 g/mol. The van der Waals surface area contributed by atoms with Crippen LogP contribution in [0.15, 0.2) is 192 Å². The Morgan fingerprint density at radius 1 is 0.396 bits per heavy atom. The number of thiophene rings is 1. The molecule has 11 rings (SSSR count). The van der Waals surface area contributed by atoms with Gasteiger partial charge in [-0.2, -0.15) is 0 Å². The maximum atomic E-state index is 6.86. The summed E-state index contributed by atoms with van der Waals surface area (Å²) in [6.45, 7) is 0. The Hall–Kier alpha value is -6.68. The Morgan fingerprint density at radius 3 is 1.94 bits per heavy atom. The highest BCUT2D eigenvalue weighted by atomic mass is 32.1. The van der Waals surface area contributed by atoms with E-state index in [1.807, 2.05) is 11.3 Å². The Kier molecular flexibility index (Phi) is 6.76. The number of para-hydroxylation sites is 1. The van der Waals surface area contributed by atoms with Crippen LogP contribution in [0.25, 0.3) is 85.9 Å². The summed E-state index contributed by atoms with van der Waals surface area (Å²) in [6, 6.07) is 67.9. The van der Waals surface area contributed by atoms with Gasteiger partial charge in [0, 0.05) is 42.2 Å². The number of anilines is 3. The third-order valence-electron chi connectivity index (χ3n) is 10.7. The number of rotatable bonds is 5. The summed E-state index contributed by atoms with van der Waals surface area (Å²) in [4.78, 5) is 2.46. The van der Waals surface area contributed by atoms with Gasteiger partial charge in [-0.1, -0.05) is 146 Å². The molecule has 0 unspecified atom stereocenters. The normalized spacial score (nSPS) is 11.8. The van der Waals surface area contributed by atoms with Crippen LogP contribution in [0.1, 0.15) is 0 Å². The van der Waals surface area contributed by atoms with Crippen molar-refractivity contribution in [3.8, 4) is 22.3 Å². The highest BCUT2D eigenvalue weighted by molar-refractivity contribution is 7.25. The molecule has 0 radical (unpaired) electrons. The Bertz CT molecular complexity index is 3170. The van der Waals surface area contributed by atoms with Crippen LogP contribution in [-0.4, -0.2) is 0 Å². The largest absolute Gasteiger partial charge is 0.455 e. The van der Waals surface area contributed by atoms with Crippen molar-refractivity contribution in [3.63, 3.8) is 0 Å². The van der Waals surface area contributed by atoms with Crippen LogP contribution in [-0.2, 0) is 0 Å². The molecule has 0 amide bonds. The topological polar surface area (TPSA) is 16.4 Å². The summed E-state index contributed by atoms with van der Waals surface area (Å²) in [7, 11) is 0. The van der Waals surface area contributed by atoms with Gasteiger partial charge < -0.3 is 9.32 Å². The first-order valence-electron chi connectivity index (χ1n) is 18.0. The van der Waals surface area contributed by atoms with E-state index in [-0.39, 0.29) is 0 Å². The molecule has 0 saturated carbocycles. The maximum absolute atomic E-state index is 6.86. The van der Waals surface area contributed by atoms with Gasteiger partial charge in [0.2, 0.25) is 0 Å². The molecule has 3 heteroatoms. The van der Waals surface area contributed by atoms with E-state index in [1.54, 1.807) is 0 Å². The molecule has 0 fully saturated rings. The molecule has 9 aromatic carbocycles. The molecule has 0 spiro atoms. The molecule has 0 aliphatic carbocycles. The number of furan rings is 1. The SMILES string of the molecule is c1ccc(-c2ccc(-c3ccc(N(c4ccc5c(c4)sc4ccccc45)c4cccc5ccc6ccccc6c45)c4c3oc3ccccc34)cc2)cc1. The van der Waals surface area contributed by atoms with Crippen molar-refractivity contribution in [2.24, 2.45) is 0 Å². The fraction of sp³-hybridized carbons (Fsp3) is 0. The van der Waals surface area contributed by atoms with E-state index in [0.29, 0.717) is 0 Å². The molecule has 0 aliphatic heterocycles. The molecule has 0 saturated heterocycles. The molecule has 0 atom stereocenters. The van der Waals surface area contributed by atoms with E-state index in [1.165, 1.54) is 52.8 Å². The van der Waals surface area contributed by atoms with E-state index in [4.69, 9.17) is 4.42 Å². The first-order valence-corrected chi connectivity index (χ1v) is 18.8. The zero-order valence-electron chi connectivity index (χ0n) is 28.7. The summed E-state index contributed by atoms with van der Waals surface area (Å²) in [6.07, 6.45) is 0. The van der Waals surface area contributed by atoms with Crippen molar-refractivity contribution in [2.45, 2.75) is 0 Å². The van der Waals surface area contributed by atoms with Crippen LogP contribution in [0.3, 0.4) is 0 Å². The first-order chi connectivity index (χ1) is 26.3. The second-order valence-corrected chi connectivity index (χ2v) is 14.7. The van der Waals surface area contributed by atoms with E-state index in [9.17, 15) is 0 Å². The molecule has 2 heterocycles. The van der Waals surface area contributed by atoms with E-state index >= 15 is 0 Å². The third kappa shape index (κ3) is 4.78. The van der Waals surface area contributed by atoms with Gasteiger partial charge in [-0.3, -0.25) is 0 Å². The lowest BCUT2D eigenvalue weighted by Gasteiger charge is -2.28. The fourth-order valence-corrected chi connectivity index (χ4v) is 9.32. The summed E-state index contributed by atoms with van der Waals surface area (Å²) in [5.41, 5.74) is 9.67. The van der Waals surface area contributed by atoms with Gasteiger partial charge in [-0.15, -0.1) is 11.3 Å². The van der Waals surface area contributed by atoms with Gasteiger partial charge in [-0.05, 0) is 75.3 Å².